The van der Waals surface area contributed by atoms with E-state index in [1.165, 1.54) is 26.7 Å². The van der Waals surface area contributed by atoms with Gasteiger partial charge in [-0.1, -0.05) is 0 Å². The molecule has 0 aliphatic carbocycles. The maximum absolute atomic E-state index is 2.37. The molecular weight excluding hydrogens is 391 g/mol. The number of fused-ring (bicyclic) bond motifs is 2. The van der Waals surface area contributed by atoms with Crippen LogP contribution in [-0.2, 0) is 0 Å². The molecule has 1 heterocycles. The minimum absolute atomic E-state index is 0.323. The predicted octanol–water partition coefficient (Wildman–Crippen LogP) is 4.00. The summed E-state index contributed by atoms with van der Waals surface area (Å²) < 4.78 is 4.59. The van der Waals surface area contributed by atoms with Gasteiger partial charge in [0.1, 0.15) is 0 Å². The molecule has 0 amide bonds. The summed E-state index contributed by atoms with van der Waals surface area (Å²) in [5.41, 5.74) is 5.66. The normalized spacial score (nSPS) is 17.8. The van der Waals surface area contributed by atoms with Gasteiger partial charge in [0, 0.05) is 0 Å². The molecule has 0 radical (unpaired) electrons. The van der Waals surface area contributed by atoms with E-state index >= 15 is 0 Å². The molecule has 0 fully saturated rings. The van der Waals surface area contributed by atoms with Gasteiger partial charge in [0.25, 0.3) is 0 Å². The van der Waals surface area contributed by atoms with Crippen molar-refractivity contribution in [2.45, 2.75) is 12.8 Å². The SMILES string of the molecule is Cc1ccc([Se+]2c3ccccc3C(c3ccccc3)c3ccccc32)cc1. The van der Waals surface area contributed by atoms with Crippen LogP contribution in [0, 0.1) is 6.92 Å². The Morgan fingerprint density at radius 1 is 0.556 bits per heavy atom. The van der Waals surface area contributed by atoms with Crippen LogP contribution in [-0.4, -0.2) is 13.9 Å². The fourth-order valence-electron chi connectivity index (χ4n) is 4.03. The Hall–Kier alpha value is -2.60. The van der Waals surface area contributed by atoms with E-state index in [4.69, 9.17) is 0 Å². The molecule has 0 spiro atoms. The topological polar surface area (TPSA) is 0 Å². The van der Waals surface area contributed by atoms with Gasteiger partial charge in [-0.15, -0.1) is 0 Å². The van der Waals surface area contributed by atoms with Crippen molar-refractivity contribution in [3.05, 3.63) is 125 Å². The van der Waals surface area contributed by atoms with E-state index in [2.05, 4.69) is 110 Å². The number of aryl methyl sites for hydroxylation is 1. The van der Waals surface area contributed by atoms with Gasteiger partial charge in [0.2, 0.25) is 0 Å². The van der Waals surface area contributed by atoms with Gasteiger partial charge in [-0.3, -0.25) is 0 Å². The van der Waals surface area contributed by atoms with Crippen molar-refractivity contribution in [1.29, 1.82) is 0 Å². The van der Waals surface area contributed by atoms with Gasteiger partial charge in [-0.05, 0) is 0 Å². The maximum atomic E-state index is 2.37. The van der Waals surface area contributed by atoms with Crippen molar-refractivity contribution in [2.75, 3.05) is 0 Å². The van der Waals surface area contributed by atoms with E-state index in [0.717, 1.165) is 0 Å². The summed E-state index contributed by atoms with van der Waals surface area (Å²) in [6.07, 6.45) is 0. The summed E-state index contributed by atoms with van der Waals surface area (Å²) in [6.45, 7) is 2.16. The first-order valence-corrected chi connectivity index (χ1v) is 11.9. The Balaban J connectivity index is 1.78. The van der Waals surface area contributed by atoms with Gasteiger partial charge in [-0.2, -0.15) is 0 Å². The number of rotatable bonds is 2. The van der Waals surface area contributed by atoms with Gasteiger partial charge in [0.05, 0.1) is 0 Å². The van der Waals surface area contributed by atoms with E-state index in [1.807, 2.05) is 0 Å². The van der Waals surface area contributed by atoms with Crippen molar-refractivity contribution in [1.82, 2.24) is 0 Å². The quantitative estimate of drug-likeness (QED) is 0.385. The van der Waals surface area contributed by atoms with Gasteiger partial charge >= 0.3 is 166 Å². The third kappa shape index (κ3) is 2.84. The molecule has 130 valence electrons. The molecule has 5 rings (SSSR count). The van der Waals surface area contributed by atoms with Gasteiger partial charge in [-0.25, -0.2) is 0 Å². The molecule has 0 saturated carbocycles. The number of hydrogen-bond donors (Lipinski definition) is 0. The van der Waals surface area contributed by atoms with Crippen LogP contribution in [0.25, 0.3) is 0 Å². The number of hydrogen-bond acceptors (Lipinski definition) is 0. The van der Waals surface area contributed by atoms with Crippen LogP contribution in [0.3, 0.4) is 0 Å². The van der Waals surface area contributed by atoms with Crippen LogP contribution in [0.1, 0.15) is 28.2 Å². The summed E-state index contributed by atoms with van der Waals surface area (Å²) in [7, 11) is 0. The molecule has 0 unspecified atom stereocenters. The van der Waals surface area contributed by atoms with Crippen molar-refractivity contribution >= 4 is 27.3 Å². The van der Waals surface area contributed by atoms with Crippen LogP contribution in [0.2, 0.25) is 0 Å². The van der Waals surface area contributed by atoms with E-state index in [1.54, 1.807) is 8.92 Å². The first kappa shape index (κ1) is 16.6. The van der Waals surface area contributed by atoms with Crippen LogP contribution >= 0.6 is 0 Å². The zero-order chi connectivity index (χ0) is 18.2. The minimum atomic E-state index is -1.29. The van der Waals surface area contributed by atoms with E-state index in [0.29, 0.717) is 5.92 Å². The molecule has 1 aliphatic heterocycles. The molecule has 4 aromatic carbocycles. The molecule has 0 aromatic heterocycles. The third-order valence-corrected chi connectivity index (χ3v) is 10.3. The molecule has 0 N–H and O–H groups in total. The van der Waals surface area contributed by atoms with E-state index in [-0.39, 0.29) is 0 Å². The van der Waals surface area contributed by atoms with Crippen molar-refractivity contribution in [3.8, 4) is 0 Å². The molecule has 0 bridgehead atoms. The summed E-state index contributed by atoms with van der Waals surface area (Å²) in [5, 5.41) is 0. The third-order valence-electron chi connectivity index (χ3n) is 5.29. The summed E-state index contributed by atoms with van der Waals surface area (Å²) in [5.74, 6) is 0.323. The fourth-order valence-corrected chi connectivity index (χ4v) is 9.12. The van der Waals surface area contributed by atoms with Crippen LogP contribution in [0.5, 0.6) is 0 Å². The fraction of sp³-hybridized carbons (Fsp3) is 0.0769. The Bertz CT molecular complexity index is 1030. The average molecular weight is 412 g/mol. The predicted molar refractivity (Wildman–Crippen MR) is 116 cm³/mol. The van der Waals surface area contributed by atoms with Crippen molar-refractivity contribution in [3.63, 3.8) is 0 Å². The molecule has 1 heteroatoms. The van der Waals surface area contributed by atoms with E-state index in [9.17, 15) is 0 Å². The second-order valence-corrected chi connectivity index (χ2v) is 11.2. The van der Waals surface area contributed by atoms with Crippen LogP contribution in [0.15, 0.2) is 103 Å². The monoisotopic (exact) mass is 413 g/mol. The number of benzene rings is 4. The van der Waals surface area contributed by atoms with Crippen molar-refractivity contribution < 1.29 is 0 Å². The Labute approximate surface area is 165 Å². The van der Waals surface area contributed by atoms with Crippen LogP contribution in [0.4, 0.5) is 0 Å². The zero-order valence-electron chi connectivity index (χ0n) is 15.3. The second-order valence-electron chi connectivity index (χ2n) is 7.04. The van der Waals surface area contributed by atoms with Crippen molar-refractivity contribution in [2.24, 2.45) is 0 Å². The first-order chi connectivity index (χ1) is 13.3. The average Bonchev–Trinajstić information content (AvgIpc) is 2.73. The first-order valence-electron chi connectivity index (χ1n) is 9.37. The Kier molecular flexibility index (Phi) is 4.20. The van der Waals surface area contributed by atoms with Gasteiger partial charge < -0.3 is 0 Å². The van der Waals surface area contributed by atoms with Crippen LogP contribution < -0.4 is 13.4 Å². The second kappa shape index (κ2) is 6.85. The summed E-state index contributed by atoms with van der Waals surface area (Å²) in [6, 6.07) is 38.4. The molecule has 0 nitrogen and oxygen atoms in total. The molecule has 27 heavy (non-hydrogen) atoms. The summed E-state index contributed by atoms with van der Waals surface area (Å²) >= 11 is -1.29. The van der Waals surface area contributed by atoms with Gasteiger partial charge in [0.15, 0.2) is 0 Å². The Morgan fingerprint density at radius 3 is 1.67 bits per heavy atom. The molecule has 0 saturated heterocycles. The van der Waals surface area contributed by atoms with E-state index < -0.39 is 13.9 Å². The molecule has 0 atom stereocenters. The summed E-state index contributed by atoms with van der Waals surface area (Å²) in [4.78, 5) is 0. The zero-order valence-corrected chi connectivity index (χ0v) is 17.0. The molecule has 1 aliphatic rings. The molecule has 4 aromatic rings. The molecular formula is C26H21Se+. The standard InChI is InChI=1S/C26H21Se/c1-19-15-17-21(18-16-19)27-24-13-7-5-11-22(24)26(20-9-3-2-4-10-20)23-12-6-8-14-25(23)27/h2-18,26H,1H3/q+1. The Morgan fingerprint density at radius 2 is 1.07 bits per heavy atom.